The van der Waals surface area contributed by atoms with Gasteiger partial charge in [0.1, 0.15) is 12.4 Å². The largest absolute Gasteiger partial charge is 0.488 e. The summed E-state index contributed by atoms with van der Waals surface area (Å²) in [6.45, 7) is 2.72. The Kier molecular flexibility index (Phi) is 4.97. The zero-order valence-corrected chi connectivity index (χ0v) is 13.8. The van der Waals surface area contributed by atoms with E-state index in [1.54, 1.807) is 0 Å². The molecule has 4 rings (SSSR count). The first-order valence-corrected chi connectivity index (χ1v) is 8.07. The molecule has 2 heteroatoms. The van der Waals surface area contributed by atoms with Crippen molar-refractivity contribution in [2.45, 2.75) is 13.5 Å². The lowest BCUT2D eigenvalue weighted by Gasteiger charge is -2.08. The molecule has 0 radical (unpaired) electrons. The van der Waals surface area contributed by atoms with Crippen LogP contribution >= 0.6 is 0 Å². The van der Waals surface area contributed by atoms with E-state index in [2.05, 4.69) is 49.4 Å². The van der Waals surface area contributed by atoms with Crippen molar-refractivity contribution in [1.82, 2.24) is 0 Å². The molecule has 0 aliphatic carbocycles. The summed E-state index contributed by atoms with van der Waals surface area (Å²) >= 11 is 0. The Morgan fingerprint density at radius 3 is 2.08 bits per heavy atom. The molecule has 24 heavy (non-hydrogen) atoms. The molecule has 2 nitrogen and oxygen atoms in total. The quantitative estimate of drug-likeness (QED) is 0.571. The van der Waals surface area contributed by atoms with Crippen LogP contribution in [0.3, 0.4) is 0 Å². The van der Waals surface area contributed by atoms with Crippen LogP contribution in [0.15, 0.2) is 84.9 Å². The highest BCUT2D eigenvalue weighted by atomic mass is 16.5. The van der Waals surface area contributed by atoms with Gasteiger partial charge in [0.15, 0.2) is 0 Å². The molecule has 0 atom stereocenters. The molecule has 0 bridgehead atoms. The Balaban J connectivity index is 0.000000203. The summed E-state index contributed by atoms with van der Waals surface area (Å²) < 4.78 is 5.87. The number of rotatable bonds is 0. The Labute approximate surface area is 143 Å². The molecule has 0 spiro atoms. The van der Waals surface area contributed by atoms with Crippen LogP contribution in [0.4, 0.5) is 5.69 Å². The smallest absolute Gasteiger partial charge is 0.127 e. The van der Waals surface area contributed by atoms with Gasteiger partial charge >= 0.3 is 0 Å². The van der Waals surface area contributed by atoms with E-state index < -0.39 is 0 Å². The monoisotopic (exact) mass is 315 g/mol. The van der Waals surface area contributed by atoms with Gasteiger partial charge in [-0.25, -0.2) is 0 Å². The van der Waals surface area contributed by atoms with Crippen LogP contribution in [0.2, 0.25) is 0 Å². The highest BCUT2D eigenvalue weighted by molar-refractivity contribution is 5.84. The lowest BCUT2D eigenvalue weighted by molar-refractivity contribution is 0.307. The number of para-hydroxylation sites is 2. The summed E-state index contributed by atoms with van der Waals surface area (Å²) in [5, 5.41) is 0. The molecule has 2 N–H and O–H groups in total. The van der Waals surface area contributed by atoms with E-state index in [9.17, 15) is 0 Å². The van der Waals surface area contributed by atoms with Gasteiger partial charge in [0.2, 0.25) is 0 Å². The number of benzene rings is 3. The van der Waals surface area contributed by atoms with E-state index in [-0.39, 0.29) is 0 Å². The molecule has 120 valence electrons. The first kappa shape index (κ1) is 15.9. The van der Waals surface area contributed by atoms with Crippen molar-refractivity contribution in [1.29, 1.82) is 0 Å². The van der Waals surface area contributed by atoms with Crippen molar-refractivity contribution in [3.63, 3.8) is 0 Å². The summed E-state index contributed by atoms with van der Waals surface area (Å²) in [4.78, 5) is 0. The molecule has 0 amide bonds. The Bertz CT molecular complexity index is 788. The number of anilines is 1. The average molecular weight is 315 g/mol. The van der Waals surface area contributed by atoms with Crippen molar-refractivity contribution in [2.75, 3.05) is 5.73 Å². The number of nitrogens with two attached hydrogens (primary N) is 1. The minimum atomic E-state index is 0.643. The van der Waals surface area contributed by atoms with Crippen molar-refractivity contribution >= 4 is 11.3 Å². The first-order chi connectivity index (χ1) is 11.8. The molecule has 0 unspecified atom stereocenters. The van der Waals surface area contributed by atoms with E-state index >= 15 is 0 Å². The van der Waals surface area contributed by atoms with E-state index in [0.717, 1.165) is 11.4 Å². The van der Waals surface area contributed by atoms with E-state index in [1.165, 1.54) is 22.3 Å². The molecule has 3 aromatic carbocycles. The highest BCUT2D eigenvalue weighted by Gasteiger charge is 2.17. The molecule has 0 saturated heterocycles. The van der Waals surface area contributed by atoms with Crippen LogP contribution in [0.25, 0.3) is 5.57 Å². The second-order valence-electron chi connectivity index (χ2n) is 5.56. The summed E-state index contributed by atoms with van der Waals surface area (Å²) in [7, 11) is 0. The fraction of sp³-hybridized carbons (Fsp3) is 0.0909. The Morgan fingerprint density at radius 1 is 0.792 bits per heavy atom. The zero-order chi connectivity index (χ0) is 16.8. The summed E-state index contributed by atoms with van der Waals surface area (Å²) in [5.41, 5.74) is 11.1. The summed E-state index contributed by atoms with van der Waals surface area (Å²) in [6.07, 6.45) is 2.16. The summed E-state index contributed by atoms with van der Waals surface area (Å²) in [6, 6.07) is 26.1. The topological polar surface area (TPSA) is 35.2 Å². The maximum absolute atomic E-state index is 5.87. The first-order valence-electron chi connectivity index (χ1n) is 8.07. The van der Waals surface area contributed by atoms with Gasteiger partial charge in [0, 0.05) is 11.3 Å². The second-order valence-corrected chi connectivity index (χ2v) is 5.56. The molecular formula is C22H21NO. The molecule has 1 heterocycles. The zero-order valence-electron chi connectivity index (χ0n) is 13.8. The SMILES string of the molecule is C/C=C1\c2ccccc2COc2ccccc21.Nc1ccccc1. The van der Waals surface area contributed by atoms with Crippen molar-refractivity contribution < 1.29 is 4.74 Å². The maximum atomic E-state index is 5.87. The lowest BCUT2D eigenvalue weighted by Crippen LogP contribution is -1.94. The van der Waals surface area contributed by atoms with Crippen LogP contribution in [-0.2, 0) is 6.61 Å². The third-order valence-corrected chi connectivity index (χ3v) is 3.96. The van der Waals surface area contributed by atoms with Crippen LogP contribution in [-0.4, -0.2) is 0 Å². The lowest BCUT2D eigenvalue weighted by atomic mass is 9.94. The average Bonchev–Trinajstić information content (AvgIpc) is 2.79. The van der Waals surface area contributed by atoms with Gasteiger partial charge in [-0.1, -0.05) is 66.7 Å². The molecule has 0 aromatic heterocycles. The predicted molar refractivity (Wildman–Crippen MR) is 101 cm³/mol. The van der Waals surface area contributed by atoms with Crippen molar-refractivity contribution in [3.05, 3.63) is 102 Å². The highest BCUT2D eigenvalue weighted by Crippen LogP contribution is 2.36. The number of ether oxygens (including phenoxy) is 1. The van der Waals surface area contributed by atoms with Crippen LogP contribution in [0, 0.1) is 0 Å². The second kappa shape index (κ2) is 7.51. The minimum Gasteiger partial charge on any atom is -0.488 e. The summed E-state index contributed by atoms with van der Waals surface area (Å²) in [5.74, 6) is 0.969. The molecule has 3 aromatic rings. The van der Waals surface area contributed by atoms with Crippen LogP contribution in [0.5, 0.6) is 5.75 Å². The normalized spacial score (nSPS) is 13.6. The third kappa shape index (κ3) is 3.49. The van der Waals surface area contributed by atoms with E-state index in [0.29, 0.717) is 6.61 Å². The number of fused-ring (bicyclic) bond motifs is 2. The van der Waals surface area contributed by atoms with Gasteiger partial charge < -0.3 is 10.5 Å². The predicted octanol–water partition coefficient (Wildman–Crippen LogP) is 5.30. The van der Waals surface area contributed by atoms with E-state index in [4.69, 9.17) is 10.5 Å². The van der Waals surface area contributed by atoms with Crippen molar-refractivity contribution in [2.24, 2.45) is 0 Å². The van der Waals surface area contributed by atoms with Crippen LogP contribution < -0.4 is 10.5 Å². The van der Waals surface area contributed by atoms with Gasteiger partial charge in [0.05, 0.1) is 0 Å². The maximum Gasteiger partial charge on any atom is 0.127 e. The Morgan fingerprint density at radius 2 is 1.42 bits per heavy atom. The third-order valence-electron chi connectivity index (χ3n) is 3.96. The van der Waals surface area contributed by atoms with Crippen LogP contribution in [0.1, 0.15) is 23.6 Å². The molecule has 0 saturated carbocycles. The van der Waals surface area contributed by atoms with E-state index in [1.807, 2.05) is 42.5 Å². The number of hydrogen-bond acceptors (Lipinski definition) is 2. The van der Waals surface area contributed by atoms with Gasteiger partial charge in [-0.05, 0) is 41.8 Å². The molecule has 1 aliphatic rings. The minimum absolute atomic E-state index is 0.643. The molecular weight excluding hydrogens is 294 g/mol. The standard InChI is InChI=1S/C16H14O.C6H7N/c1-2-13-14-8-4-3-7-12(14)11-17-16-10-6-5-9-15(13)16;7-6-4-2-1-3-5-6/h2-10H,11H2,1H3;1-5H,7H2/b13-2+;. The fourth-order valence-electron chi connectivity index (χ4n) is 2.79. The van der Waals surface area contributed by atoms with Gasteiger partial charge in [-0.2, -0.15) is 0 Å². The number of nitrogen functional groups attached to an aromatic ring is 1. The Hall–Kier alpha value is -3.00. The number of allylic oxidation sites excluding steroid dienone is 1. The number of hydrogen-bond donors (Lipinski definition) is 1. The molecule has 1 aliphatic heterocycles. The van der Waals surface area contributed by atoms with Gasteiger partial charge in [-0.3, -0.25) is 0 Å². The fourth-order valence-corrected chi connectivity index (χ4v) is 2.79. The van der Waals surface area contributed by atoms with Gasteiger partial charge in [0.25, 0.3) is 0 Å². The molecule has 0 fully saturated rings. The van der Waals surface area contributed by atoms with Gasteiger partial charge in [-0.15, -0.1) is 0 Å². The van der Waals surface area contributed by atoms with Crippen molar-refractivity contribution in [3.8, 4) is 5.75 Å².